The Bertz CT molecular complexity index is 2490. The number of oxazole rings is 1. The molecule has 0 aliphatic carbocycles. The summed E-state index contributed by atoms with van der Waals surface area (Å²) in [6.07, 6.45) is 6.03. The molecule has 3 aromatic heterocycles. The highest BCUT2D eigenvalue weighted by Crippen LogP contribution is 2.36. The maximum absolute atomic E-state index is 13.9. The maximum atomic E-state index is 13.9. The number of amides is 5. The molecule has 0 radical (unpaired) electrons. The fraction of sp³-hybridized carbons (Fsp3) is 0.341. The average Bonchev–Trinajstić information content (AvgIpc) is 4.13. The minimum atomic E-state index is -0.833. The Morgan fingerprint density at radius 1 is 0.783 bits per heavy atom. The summed E-state index contributed by atoms with van der Waals surface area (Å²) in [6.45, 7) is 4.91. The molecule has 0 spiro atoms. The number of ether oxygens (including phenoxy) is 1. The molecule has 2 aliphatic heterocycles. The van der Waals surface area contributed by atoms with E-state index in [9.17, 15) is 19.2 Å². The van der Waals surface area contributed by atoms with Gasteiger partial charge >= 0.3 is 12.1 Å². The van der Waals surface area contributed by atoms with Gasteiger partial charge in [0.05, 0.1) is 43.0 Å². The number of likely N-dealkylation sites (tertiary alicyclic amines) is 2. The summed E-state index contributed by atoms with van der Waals surface area (Å²) >= 11 is 0. The first kappa shape index (κ1) is 39.8. The molecule has 4 atom stereocenters. The van der Waals surface area contributed by atoms with E-state index in [-0.39, 0.29) is 29.8 Å². The number of urea groups is 1. The van der Waals surface area contributed by atoms with Gasteiger partial charge in [0, 0.05) is 31.3 Å². The van der Waals surface area contributed by atoms with Crippen LogP contribution >= 0.6 is 0 Å². The third kappa shape index (κ3) is 8.04. The van der Waals surface area contributed by atoms with E-state index in [0.29, 0.717) is 47.3 Å². The molecule has 2 saturated heterocycles. The monoisotopic (exact) mass is 812 g/mol. The quantitative estimate of drug-likeness (QED) is 0.0949. The van der Waals surface area contributed by atoms with Gasteiger partial charge < -0.3 is 44.9 Å². The molecular weight excluding hydrogens is 765 g/mol. The predicted molar refractivity (Wildman–Crippen MR) is 223 cm³/mol. The van der Waals surface area contributed by atoms with Gasteiger partial charge in [-0.15, -0.1) is 0 Å². The average molecular weight is 813 g/mol. The molecule has 6 aromatic rings. The van der Waals surface area contributed by atoms with Crippen LogP contribution in [0.25, 0.3) is 45.1 Å². The van der Waals surface area contributed by atoms with Crippen LogP contribution in [0.4, 0.5) is 9.59 Å². The Morgan fingerprint density at radius 2 is 1.38 bits per heavy atom. The first-order valence-corrected chi connectivity index (χ1v) is 20.2. The number of hydrogen-bond donors (Lipinski definition) is 5. The van der Waals surface area contributed by atoms with E-state index in [1.54, 1.807) is 22.2 Å². The first-order valence-electron chi connectivity index (χ1n) is 20.2. The van der Waals surface area contributed by atoms with Gasteiger partial charge in [-0.3, -0.25) is 9.59 Å². The zero-order chi connectivity index (χ0) is 41.9. The molecule has 3 aromatic carbocycles. The molecule has 8 rings (SSSR count). The van der Waals surface area contributed by atoms with Crippen LogP contribution < -0.4 is 16.0 Å². The summed E-state index contributed by atoms with van der Waals surface area (Å²) in [5.74, 6) is 1.37. The van der Waals surface area contributed by atoms with Crippen LogP contribution in [-0.4, -0.2) is 91.9 Å². The van der Waals surface area contributed by atoms with Crippen LogP contribution in [0.2, 0.25) is 0 Å². The van der Waals surface area contributed by atoms with Gasteiger partial charge in [-0.25, -0.2) is 24.5 Å². The van der Waals surface area contributed by atoms with Crippen molar-refractivity contribution < 1.29 is 28.3 Å². The summed E-state index contributed by atoms with van der Waals surface area (Å²) in [4.78, 5) is 76.4. The Hall–Kier alpha value is -6.97. The summed E-state index contributed by atoms with van der Waals surface area (Å²) in [6, 6.07) is 20.4. The second-order valence-electron chi connectivity index (χ2n) is 15.4. The number of rotatable bonds is 11. The highest BCUT2D eigenvalue weighted by Gasteiger charge is 2.38. The molecule has 310 valence electrons. The number of carbonyl (C=O) groups excluding carboxylic acids is 4. The summed E-state index contributed by atoms with van der Waals surface area (Å²) < 4.78 is 11.0. The van der Waals surface area contributed by atoms with Crippen LogP contribution in [0.3, 0.4) is 0 Å². The van der Waals surface area contributed by atoms with E-state index < -0.39 is 24.2 Å². The number of alkyl carbamates (subject to hydrolysis) is 1. The molecule has 2 fully saturated rings. The second kappa shape index (κ2) is 17.1. The molecule has 16 heteroatoms. The molecule has 5 amide bonds. The van der Waals surface area contributed by atoms with Gasteiger partial charge in [0.25, 0.3) is 0 Å². The normalized spacial score (nSPS) is 17.5. The Kier molecular flexibility index (Phi) is 11.3. The van der Waals surface area contributed by atoms with E-state index in [2.05, 4.69) is 30.9 Å². The van der Waals surface area contributed by atoms with Crippen LogP contribution in [0.1, 0.15) is 74.9 Å². The van der Waals surface area contributed by atoms with Crippen LogP contribution in [0.15, 0.2) is 89.6 Å². The lowest BCUT2D eigenvalue weighted by molar-refractivity contribution is -0.135. The summed E-state index contributed by atoms with van der Waals surface area (Å²) in [5, 5.41) is 8.06. The van der Waals surface area contributed by atoms with Gasteiger partial charge in [0.1, 0.15) is 29.2 Å². The number of nitrogens with one attached hydrogen (secondary N) is 5. The van der Waals surface area contributed by atoms with Gasteiger partial charge in [0.2, 0.25) is 17.7 Å². The molecule has 0 unspecified atom stereocenters. The van der Waals surface area contributed by atoms with Gasteiger partial charge in [-0.05, 0) is 67.0 Å². The van der Waals surface area contributed by atoms with Crippen molar-refractivity contribution in [3.8, 4) is 34.0 Å². The van der Waals surface area contributed by atoms with Crippen molar-refractivity contribution in [3.63, 3.8) is 0 Å². The Labute approximate surface area is 346 Å². The van der Waals surface area contributed by atoms with Crippen molar-refractivity contribution in [2.75, 3.05) is 27.2 Å². The zero-order valence-corrected chi connectivity index (χ0v) is 33.9. The third-order valence-corrected chi connectivity index (χ3v) is 11.3. The largest absolute Gasteiger partial charge is 0.453 e. The molecule has 0 bridgehead atoms. The molecule has 0 saturated carbocycles. The lowest BCUT2D eigenvalue weighted by Crippen LogP contribution is -2.51. The van der Waals surface area contributed by atoms with Crippen molar-refractivity contribution in [3.05, 3.63) is 102 Å². The number of benzene rings is 3. The zero-order valence-electron chi connectivity index (χ0n) is 33.9. The fourth-order valence-electron chi connectivity index (χ4n) is 8.12. The topological polar surface area (TPSA) is 203 Å². The van der Waals surface area contributed by atoms with E-state index in [1.165, 1.54) is 14.2 Å². The van der Waals surface area contributed by atoms with Crippen molar-refractivity contribution in [1.29, 1.82) is 0 Å². The van der Waals surface area contributed by atoms with Crippen LogP contribution in [0, 0.1) is 5.92 Å². The second-order valence-corrected chi connectivity index (χ2v) is 15.4. The lowest BCUT2D eigenvalue weighted by Gasteiger charge is -2.30. The van der Waals surface area contributed by atoms with E-state index in [1.807, 2.05) is 86.6 Å². The van der Waals surface area contributed by atoms with Gasteiger partial charge in [-0.1, -0.05) is 62.4 Å². The molecule has 16 nitrogen and oxygen atoms in total. The molecular formula is C44H48N10O6. The minimum absolute atomic E-state index is 0.124. The number of imidazole rings is 2. The maximum Gasteiger partial charge on any atom is 0.407 e. The van der Waals surface area contributed by atoms with E-state index >= 15 is 0 Å². The lowest BCUT2D eigenvalue weighted by atomic mass is 10.0. The molecule has 5 heterocycles. The predicted octanol–water partition coefficient (Wildman–Crippen LogP) is 6.65. The summed E-state index contributed by atoms with van der Waals surface area (Å²) in [7, 11) is 2.80. The number of hydrogen-bond acceptors (Lipinski definition) is 9. The molecule has 2 aliphatic rings. The molecule has 60 heavy (non-hydrogen) atoms. The third-order valence-electron chi connectivity index (χ3n) is 11.3. The van der Waals surface area contributed by atoms with Crippen molar-refractivity contribution in [2.45, 2.75) is 63.7 Å². The summed E-state index contributed by atoms with van der Waals surface area (Å²) in [5.41, 5.74) is 6.19. The number of fused-ring (bicyclic) bond motifs is 1. The van der Waals surface area contributed by atoms with Gasteiger partial charge in [0.15, 0.2) is 5.58 Å². The first-order chi connectivity index (χ1) is 29.1. The number of methoxy groups -OCH3 is 1. The van der Waals surface area contributed by atoms with Crippen LogP contribution in [-0.2, 0) is 14.3 Å². The SMILES string of the molecule is CNC(=O)N[C@@H](C(=O)N1CCC[C@H]1c1ncc(-c2ccc(-c3nc4ccc(-c5cnc([C@@H]6CCCN6C(=O)[C@@H](NC(=O)OC)C(C)C)[nH]5)cc4o3)cc2)[nH]1)c1ccccc1. The Morgan fingerprint density at radius 3 is 2.00 bits per heavy atom. The van der Waals surface area contributed by atoms with E-state index in [0.717, 1.165) is 53.8 Å². The number of nitrogens with zero attached hydrogens (tertiary/aromatic N) is 5. The fourth-order valence-corrected chi connectivity index (χ4v) is 8.12. The Balaban J connectivity index is 0.951. The van der Waals surface area contributed by atoms with E-state index in [4.69, 9.17) is 19.1 Å². The van der Waals surface area contributed by atoms with Gasteiger partial charge in [-0.2, -0.15) is 0 Å². The number of carbonyl (C=O) groups is 4. The standard InChI is InChI=1S/C44H48N10O6/c1-25(2)36(52-44(58)59-4)41(55)53-20-8-12-33(53)39-47-24-32(49-39)29-18-19-30-35(22-29)60-40(50-30)28-16-14-26(15-17-28)31-23-46-38(48-31)34-13-9-21-54(34)42(56)37(51-43(57)45-3)27-10-6-5-7-11-27/h5-7,10-11,14-19,22-25,33-34,36-37H,8-9,12-13,20-21H2,1-4H3,(H,46,48)(H,47,49)(H,52,58)(H2,45,51,57)/t33-,34-,36-,37+/m0/s1. The molecule has 5 N–H and O–H groups in total. The van der Waals surface area contributed by atoms with Crippen molar-refractivity contribution in [2.24, 2.45) is 5.92 Å². The van der Waals surface area contributed by atoms with Crippen molar-refractivity contribution >= 4 is 35.0 Å². The highest BCUT2D eigenvalue weighted by molar-refractivity contribution is 5.89. The number of aromatic nitrogens is 5. The minimum Gasteiger partial charge on any atom is -0.453 e. The highest BCUT2D eigenvalue weighted by atomic mass is 16.5. The van der Waals surface area contributed by atoms with Crippen LogP contribution in [0.5, 0.6) is 0 Å². The smallest absolute Gasteiger partial charge is 0.407 e. The van der Waals surface area contributed by atoms with Crippen molar-refractivity contribution in [1.82, 2.24) is 50.7 Å². The number of H-pyrrole nitrogens is 2. The number of aromatic amines is 2.